The van der Waals surface area contributed by atoms with E-state index in [0.29, 0.717) is 22.1 Å². The SMILES string of the molecule is CN1CCN(c2ccc(Nc3ncc(-c4ccc(C(N)=O)cc4)n4ccnc34)cc2Cl)CC1. The van der Waals surface area contributed by atoms with Crippen LogP contribution in [0.15, 0.2) is 61.1 Å². The molecule has 0 radical (unpaired) electrons. The van der Waals surface area contributed by atoms with Crippen molar-refractivity contribution in [3.63, 3.8) is 0 Å². The van der Waals surface area contributed by atoms with Crippen LogP contribution in [0.5, 0.6) is 0 Å². The Labute approximate surface area is 196 Å². The third-order valence-electron chi connectivity index (χ3n) is 5.95. The van der Waals surface area contributed by atoms with Gasteiger partial charge < -0.3 is 20.9 Å². The van der Waals surface area contributed by atoms with Crippen molar-refractivity contribution in [1.29, 1.82) is 0 Å². The third-order valence-corrected chi connectivity index (χ3v) is 6.25. The van der Waals surface area contributed by atoms with Gasteiger partial charge in [0, 0.05) is 55.4 Å². The summed E-state index contributed by atoms with van der Waals surface area (Å²) in [5.41, 5.74) is 10.1. The molecule has 1 amide bonds. The van der Waals surface area contributed by atoms with Crippen molar-refractivity contribution in [2.75, 3.05) is 43.4 Å². The number of hydrogen-bond acceptors (Lipinski definition) is 6. The second-order valence-corrected chi connectivity index (χ2v) is 8.54. The van der Waals surface area contributed by atoms with Crippen LogP contribution in [0.25, 0.3) is 16.9 Å². The maximum Gasteiger partial charge on any atom is 0.248 e. The number of nitrogens with zero attached hydrogens (tertiary/aromatic N) is 5. The number of nitrogens with two attached hydrogens (primary N) is 1. The maximum atomic E-state index is 11.4. The first kappa shape index (κ1) is 21.2. The number of likely N-dealkylation sites (N-methyl/N-ethyl adjacent to an activating group) is 1. The molecule has 4 aromatic rings. The van der Waals surface area contributed by atoms with Crippen molar-refractivity contribution in [1.82, 2.24) is 19.3 Å². The summed E-state index contributed by atoms with van der Waals surface area (Å²) in [5, 5.41) is 4.05. The van der Waals surface area contributed by atoms with E-state index in [9.17, 15) is 4.79 Å². The Balaban J connectivity index is 1.41. The molecule has 1 aliphatic rings. The molecule has 3 heterocycles. The molecule has 2 aromatic carbocycles. The summed E-state index contributed by atoms with van der Waals surface area (Å²) in [6, 6.07) is 13.1. The number of primary amides is 1. The molecule has 0 saturated carbocycles. The number of aromatic nitrogens is 3. The zero-order valence-electron chi connectivity index (χ0n) is 18.2. The fourth-order valence-corrected chi connectivity index (χ4v) is 4.35. The molecular weight excluding hydrogens is 438 g/mol. The van der Waals surface area contributed by atoms with Gasteiger partial charge in [-0.05, 0) is 37.4 Å². The van der Waals surface area contributed by atoms with Gasteiger partial charge in [-0.25, -0.2) is 9.97 Å². The molecule has 1 aliphatic heterocycles. The second-order valence-electron chi connectivity index (χ2n) is 8.14. The van der Waals surface area contributed by atoms with Crippen LogP contribution >= 0.6 is 11.6 Å². The summed E-state index contributed by atoms with van der Waals surface area (Å²) in [5.74, 6) is 0.172. The van der Waals surface area contributed by atoms with Gasteiger partial charge in [0.05, 0.1) is 22.6 Å². The summed E-state index contributed by atoms with van der Waals surface area (Å²) >= 11 is 6.63. The molecule has 5 rings (SSSR count). The Bertz CT molecular complexity index is 1310. The molecule has 0 aliphatic carbocycles. The number of fused-ring (bicyclic) bond motifs is 1. The summed E-state index contributed by atoms with van der Waals surface area (Å²) in [7, 11) is 2.14. The lowest BCUT2D eigenvalue weighted by Gasteiger charge is -2.34. The first-order chi connectivity index (χ1) is 16.0. The smallest absolute Gasteiger partial charge is 0.248 e. The van der Waals surface area contributed by atoms with Crippen LogP contribution in [0, 0.1) is 0 Å². The fraction of sp³-hybridized carbons (Fsp3) is 0.208. The van der Waals surface area contributed by atoms with Crippen LogP contribution in [-0.2, 0) is 0 Å². The number of rotatable bonds is 5. The van der Waals surface area contributed by atoms with Gasteiger partial charge in [-0.3, -0.25) is 9.20 Å². The normalized spacial score (nSPS) is 14.5. The minimum absolute atomic E-state index is 0.454. The van der Waals surface area contributed by atoms with E-state index < -0.39 is 5.91 Å². The summed E-state index contributed by atoms with van der Waals surface area (Å²) < 4.78 is 1.95. The molecule has 9 heteroatoms. The van der Waals surface area contributed by atoms with Gasteiger partial charge in [-0.2, -0.15) is 0 Å². The zero-order valence-corrected chi connectivity index (χ0v) is 19.0. The zero-order chi connectivity index (χ0) is 22.9. The second kappa shape index (κ2) is 8.73. The van der Waals surface area contributed by atoms with Crippen molar-refractivity contribution in [2.24, 2.45) is 5.73 Å². The molecule has 8 nitrogen and oxygen atoms in total. The van der Waals surface area contributed by atoms with Crippen molar-refractivity contribution in [3.8, 4) is 11.3 Å². The Hall–Kier alpha value is -3.62. The predicted octanol–water partition coefficient (Wildman–Crippen LogP) is 3.64. The van der Waals surface area contributed by atoms with E-state index in [1.165, 1.54) is 0 Å². The highest BCUT2D eigenvalue weighted by atomic mass is 35.5. The van der Waals surface area contributed by atoms with Crippen LogP contribution in [0.3, 0.4) is 0 Å². The van der Waals surface area contributed by atoms with Gasteiger partial charge in [0.25, 0.3) is 0 Å². The van der Waals surface area contributed by atoms with Gasteiger partial charge >= 0.3 is 0 Å². The summed E-state index contributed by atoms with van der Waals surface area (Å²) in [4.78, 5) is 25.1. The Morgan fingerprint density at radius 2 is 1.82 bits per heavy atom. The summed E-state index contributed by atoms with van der Waals surface area (Å²) in [6.07, 6.45) is 5.38. The molecule has 33 heavy (non-hydrogen) atoms. The number of imidazole rings is 1. The number of anilines is 3. The Kier molecular flexibility index (Phi) is 5.62. The van der Waals surface area contributed by atoms with E-state index in [2.05, 4.69) is 32.1 Å². The highest BCUT2D eigenvalue weighted by Gasteiger charge is 2.17. The van der Waals surface area contributed by atoms with Crippen molar-refractivity contribution >= 4 is 40.3 Å². The van der Waals surface area contributed by atoms with Crippen LogP contribution in [0.1, 0.15) is 10.4 Å². The molecule has 1 saturated heterocycles. The third kappa shape index (κ3) is 4.22. The monoisotopic (exact) mass is 461 g/mol. The number of piperazine rings is 1. The molecule has 168 valence electrons. The lowest BCUT2D eigenvalue weighted by molar-refractivity contribution is 0.100. The molecule has 2 aromatic heterocycles. The van der Waals surface area contributed by atoms with Gasteiger partial charge in [0.15, 0.2) is 11.5 Å². The van der Waals surface area contributed by atoms with Gasteiger partial charge in [-0.1, -0.05) is 23.7 Å². The van der Waals surface area contributed by atoms with Gasteiger partial charge in [-0.15, -0.1) is 0 Å². The molecule has 0 unspecified atom stereocenters. The highest BCUT2D eigenvalue weighted by Crippen LogP contribution is 2.32. The van der Waals surface area contributed by atoms with Crippen LogP contribution in [-0.4, -0.2) is 58.4 Å². The summed E-state index contributed by atoms with van der Waals surface area (Å²) in [6.45, 7) is 3.97. The highest BCUT2D eigenvalue weighted by molar-refractivity contribution is 6.33. The Morgan fingerprint density at radius 1 is 1.06 bits per heavy atom. The van der Waals surface area contributed by atoms with E-state index in [1.54, 1.807) is 24.5 Å². The number of hydrogen-bond donors (Lipinski definition) is 2. The van der Waals surface area contributed by atoms with Crippen molar-refractivity contribution in [3.05, 3.63) is 71.6 Å². The minimum atomic E-state index is -0.454. The quantitative estimate of drug-likeness (QED) is 0.471. The number of benzene rings is 2. The maximum absolute atomic E-state index is 11.4. The molecule has 0 bridgehead atoms. The average Bonchev–Trinajstić information content (AvgIpc) is 3.31. The van der Waals surface area contributed by atoms with Crippen LogP contribution in [0.4, 0.5) is 17.2 Å². The molecule has 3 N–H and O–H groups in total. The molecular formula is C24H24ClN7O. The largest absolute Gasteiger partial charge is 0.368 e. The lowest BCUT2D eigenvalue weighted by Crippen LogP contribution is -2.44. The van der Waals surface area contributed by atoms with E-state index in [1.807, 2.05) is 40.9 Å². The number of carbonyl (C=O) groups excluding carboxylic acids is 1. The topological polar surface area (TPSA) is 91.8 Å². The number of nitrogens with one attached hydrogen (secondary N) is 1. The molecule has 0 spiro atoms. The van der Waals surface area contributed by atoms with E-state index in [-0.39, 0.29) is 0 Å². The van der Waals surface area contributed by atoms with Crippen LogP contribution in [0.2, 0.25) is 5.02 Å². The molecule has 1 fully saturated rings. The van der Waals surface area contributed by atoms with Crippen molar-refractivity contribution in [2.45, 2.75) is 0 Å². The Morgan fingerprint density at radius 3 is 2.52 bits per heavy atom. The van der Waals surface area contributed by atoms with Crippen LogP contribution < -0.4 is 16.0 Å². The van der Waals surface area contributed by atoms with Gasteiger partial charge in [0.1, 0.15) is 0 Å². The molecule has 0 atom stereocenters. The average molecular weight is 462 g/mol. The first-order valence-corrected chi connectivity index (χ1v) is 11.1. The minimum Gasteiger partial charge on any atom is -0.368 e. The first-order valence-electron chi connectivity index (χ1n) is 10.7. The van der Waals surface area contributed by atoms with E-state index in [0.717, 1.165) is 48.8 Å². The number of halogens is 1. The van der Waals surface area contributed by atoms with Crippen molar-refractivity contribution < 1.29 is 4.79 Å². The fourth-order valence-electron chi connectivity index (χ4n) is 4.05. The van der Waals surface area contributed by atoms with E-state index in [4.69, 9.17) is 17.3 Å². The number of amides is 1. The van der Waals surface area contributed by atoms with Gasteiger partial charge in [0.2, 0.25) is 5.91 Å². The van der Waals surface area contributed by atoms with E-state index >= 15 is 0 Å². The lowest BCUT2D eigenvalue weighted by atomic mass is 10.1. The predicted molar refractivity (Wildman–Crippen MR) is 131 cm³/mol. The number of carbonyl (C=O) groups is 1. The standard InChI is InChI=1S/C24H24ClN7O/c1-30-10-12-31(13-11-30)20-7-6-18(14-19(20)25)29-23-24-27-8-9-32(24)21(15-28-23)16-2-4-17(5-3-16)22(26)33/h2-9,14-15H,10-13H2,1H3,(H2,26,33)(H,28,29).